The number of aromatic hydroxyl groups is 3. The van der Waals surface area contributed by atoms with Gasteiger partial charge in [-0.25, -0.2) is 0 Å². The average molecular weight is 258 g/mol. The minimum atomic E-state index is -0.235. The van der Waals surface area contributed by atoms with Crippen LogP contribution in [-0.4, -0.2) is 21.1 Å². The molecular weight excluding hydrogens is 244 g/mol. The number of carbonyl (C=O) groups excluding carboxylic acids is 1. The Kier molecular flexibility index (Phi) is 3.71. The highest BCUT2D eigenvalue weighted by atomic mass is 16.3. The zero-order chi connectivity index (χ0) is 13.8. The molecule has 0 aliphatic heterocycles. The first kappa shape index (κ1) is 13.0. The molecule has 2 rings (SSSR count). The highest BCUT2D eigenvalue weighted by molar-refractivity contribution is 5.99. The molecule has 3 N–H and O–H groups in total. The van der Waals surface area contributed by atoms with E-state index in [1.807, 2.05) is 0 Å². The lowest BCUT2D eigenvalue weighted by molar-refractivity contribution is 0.0980. The van der Waals surface area contributed by atoms with Gasteiger partial charge in [0.15, 0.2) is 5.78 Å². The van der Waals surface area contributed by atoms with Gasteiger partial charge in [-0.3, -0.25) is 4.79 Å². The molecule has 0 heterocycles. The summed E-state index contributed by atoms with van der Waals surface area (Å²) in [6, 6.07) is 10.5. The molecule has 0 spiro atoms. The lowest BCUT2D eigenvalue weighted by Gasteiger charge is -2.05. The third-order valence-corrected chi connectivity index (χ3v) is 2.86. The maximum absolute atomic E-state index is 11.9. The second-order valence-corrected chi connectivity index (χ2v) is 4.29. The molecule has 0 unspecified atom stereocenters. The van der Waals surface area contributed by atoms with Gasteiger partial charge in [0.05, 0.1) is 5.56 Å². The summed E-state index contributed by atoms with van der Waals surface area (Å²) in [5.41, 5.74) is 1.05. The number of hydrogen-bond donors (Lipinski definition) is 3. The SMILES string of the molecule is O=C(CCc1ccc(O)cc1)c1cc(O)ccc1O. The van der Waals surface area contributed by atoms with Crippen molar-refractivity contribution in [3.05, 3.63) is 53.6 Å². The van der Waals surface area contributed by atoms with Gasteiger partial charge in [0, 0.05) is 6.42 Å². The number of aryl methyl sites for hydroxylation is 1. The molecule has 0 radical (unpaired) electrons. The molecule has 2 aromatic carbocycles. The third kappa shape index (κ3) is 3.25. The largest absolute Gasteiger partial charge is 0.508 e. The highest BCUT2D eigenvalue weighted by Crippen LogP contribution is 2.24. The number of rotatable bonds is 4. The maximum Gasteiger partial charge on any atom is 0.167 e. The first-order valence-corrected chi connectivity index (χ1v) is 5.89. The Bertz CT molecular complexity index is 588. The fourth-order valence-electron chi connectivity index (χ4n) is 1.80. The van der Waals surface area contributed by atoms with E-state index in [1.165, 1.54) is 18.2 Å². The van der Waals surface area contributed by atoms with Crippen LogP contribution in [0, 0.1) is 0 Å². The van der Waals surface area contributed by atoms with Crippen molar-refractivity contribution in [3.8, 4) is 17.2 Å². The van der Waals surface area contributed by atoms with Crippen molar-refractivity contribution in [1.29, 1.82) is 0 Å². The quantitative estimate of drug-likeness (QED) is 0.582. The second-order valence-electron chi connectivity index (χ2n) is 4.29. The number of phenols is 3. The standard InChI is InChI=1S/C15H14O4/c16-11-4-1-10(2-5-11)3-7-14(18)13-9-12(17)6-8-15(13)19/h1-2,4-6,8-9,16-17,19H,3,7H2. The number of carbonyl (C=O) groups is 1. The van der Waals surface area contributed by atoms with E-state index in [1.54, 1.807) is 24.3 Å². The van der Waals surface area contributed by atoms with E-state index >= 15 is 0 Å². The number of benzene rings is 2. The summed E-state index contributed by atoms with van der Waals surface area (Å²) >= 11 is 0. The average Bonchev–Trinajstić information content (AvgIpc) is 2.40. The van der Waals surface area contributed by atoms with Crippen LogP contribution in [0.4, 0.5) is 0 Å². The van der Waals surface area contributed by atoms with Crippen molar-refractivity contribution in [2.24, 2.45) is 0 Å². The normalized spacial score (nSPS) is 10.3. The van der Waals surface area contributed by atoms with Crippen molar-refractivity contribution >= 4 is 5.78 Å². The molecule has 0 saturated heterocycles. The van der Waals surface area contributed by atoms with Gasteiger partial charge in [-0.1, -0.05) is 12.1 Å². The van der Waals surface area contributed by atoms with Crippen molar-refractivity contribution in [1.82, 2.24) is 0 Å². The molecule has 19 heavy (non-hydrogen) atoms. The fourth-order valence-corrected chi connectivity index (χ4v) is 1.80. The van der Waals surface area contributed by atoms with Crippen molar-refractivity contribution in [3.63, 3.8) is 0 Å². The van der Waals surface area contributed by atoms with E-state index in [0.717, 1.165) is 5.56 Å². The predicted octanol–water partition coefficient (Wildman–Crippen LogP) is 2.62. The van der Waals surface area contributed by atoms with Gasteiger partial charge < -0.3 is 15.3 Å². The van der Waals surface area contributed by atoms with E-state index < -0.39 is 0 Å². The van der Waals surface area contributed by atoms with Crippen molar-refractivity contribution < 1.29 is 20.1 Å². The predicted molar refractivity (Wildman–Crippen MR) is 70.5 cm³/mol. The van der Waals surface area contributed by atoms with Crippen LogP contribution < -0.4 is 0 Å². The van der Waals surface area contributed by atoms with Crippen LogP contribution in [0.2, 0.25) is 0 Å². The third-order valence-electron chi connectivity index (χ3n) is 2.86. The van der Waals surface area contributed by atoms with Gasteiger partial charge in [-0.15, -0.1) is 0 Å². The molecule has 98 valence electrons. The smallest absolute Gasteiger partial charge is 0.167 e. The van der Waals surface area contributed by atoms with E-state index in [0.29, 0.717) is 6.42 Å². The molecule has 0 aliphatic carbocycles. The molecule has 0 amide bonds. The fraction of sp³-hybridized carbons (Fsp3) is 0.133. The van der Waals surface area contributed by atoms with Crippen LogP contribution in [0.25, 0.3) is 0 Å². The van der Waals surface area contributed by atoms with E-state index in [-0.39, 0.29) is 35.0 Å². The summed E-state index contributed by atoms with van der Waals surface area (Å²) < 4.78 is 0. The highest BCUT2D eigenvalue weighted by Gasteiger charge is 2.12. The molecule has 2 aromatic rings. The Balaban J connectivity index is 2.05. The lowest BCUT2D eigenvalue weighted by atomic mass is 10.0. The topological polar surface area (TPSA) is 77.8 Å². The van der Waals surface area contributed by atoms with Crippen LogP contribution in [0.1, 0.15) is 22.3 Å². The Hall–Kier alpha value is -2.49. The zero-order valence-electron chi connectivity index (χ0n) is 10.2. The van der Waals surface area contributed by atoms with Gasteiger partial charge in [0.2, 0.25) is 0 Å². The summed E-state index contributed by atoms with van der Waals surface area (Å²) in [6.45, 7) is 0. The van der Waals surface area contributed by atoms with Crippen molar-refractivity contribution in [2.75, 3.05) is 0 Å². The zero-order valence-corrected chi connectivity index (χ0v) is 10.2. The molecule has 0 aliphatic rings. The molecular formula is C15H14O4. The van der Waals surface area contributed by atoms with Crippen LogP contribution in [0.5, 0.6) is 17.2 Å². The van der Waals surface area contributed by atoms with Crippen LogP contribution in [-0.2, 0) is 6.42 Å². The molecule has 4 heteroatoms. The molecule has 0 atom stereocenters. The number of Topliss-reactive ketones (excluding diaryl/α,β-unsaturated/α-hetero) is 1. The summed E-state index contributed by atoms with van der Waals surface area (Å²) in [5, 5.41) is 28.0. The second kappa shape index (κ2) is 5.44. The Labute approximate surface area is 110 Å². The minimum absolute atomic E-state index is 0.0502. The molecule has 0 aromatic heterocycles. The first-order chi connectivity index (χ1) is 9.06. The van der Waals surface area contributed by atoms with Crippen LogP contribution in [0.15, 0.2) is 42.5 Å². The van der Waals surface area contributed by atoms with Gasteiger partial charge >= 0.3 is 0 Å². The molecule has 4 nitrogen and oxygen atoms in total. The Morgan fingerprint density at radius 1 is 0.895 bits per heavy atom. The molecule has 0 saturated carbocycles. The number of phenolic OH excluding ortho intramolecular Hbond substituents is 3. The molecule has 0 fully saturated rings. The number of hydrogen-bond acceptors (Lipinski definition) is 4. The first-order valence-electron chi connectivity index (χ1n) is 5.89. The monoisotopic (exact) mass is 258 g/mol. The summed E-state index contributed by atoms with van der Waals surface area (Å²) in [6.07, 6.45) is 0.732. The minimum Gasteiger partial charge on any atom is -0.508 e. The van der Waals surface area contributed by atoms with E-state index in [9.17, 15) is 15.0 Å². The van der Waals surface area contributed by atoms with Gasteiger partial charge in [-0.05, 0) is 42.3 Å². The molecule has 0 bridgehead atoms. The summed E-state index contributed by atoms with van der Waals surface area (Å²) in [7, 11) is 0. The van der Waals surface area contributed by atoms with E-state index in [2.05, 4.69) is 0 Å². The van der Waals surface area contributed by atoms with Crippen molar-refractivity contribution in [2.45, 2.75) is 12.8 Å². The van der Waals surface area contributed by atoms with Crippen LogP contribution in [0.3, 0.4) is 0 Å². The summed E-state index contributed by atoms with van der Waals surface area (Å²) in [5.74, 6) is -0.235. The van der Waals surface area contributed by atoms with Crippen LogP contribution >= 0.6 is 0 Å². The van der Waals surface area contributed by atoms with Gasteiger partial charge in [0.25, 0.3) is 0 Å². The van der Waals surface area contributed by atoms with E-state index in [4.69, 9.17) is 5.11 Å². The Morgan fingerprint density at radius 2 is 1.53 bits per heavy atom. The van der Waals surface area contributed by atoms with Gasteiger partial charge in [-0.2, -0.15) is 0 Å². The maximum atomic E-state index is 11.9. The Morgan fingerprint density at radius 3 is 2.21 bits per heavy atom. The number of ketones is 1. The summed E-state index contributed by atoms with van der Waals surface area (Å²) in [4.78, 5) is 11.9. The van der Waals surface area contributed by atoms with Gasteiger partial charge in [0.1, 0.15) is 17.2 Å². The lowest BCUT2D eigenvalue weighted by Crippen LogP contribution is -2.01.